The summed E-state index contributed by atoms with van der Waals surface area (Å²) in [6, 6.07) is 13.3. The lowest BCUT2D eigenvalue weighted by Crippen LogP contribution is -2.02. The van der Waals surface area contributed by atoms with Crippen molar-refractivity contribution in [1.82, 2.24) is 19.7 Å². The third kappa shape index (κ3) is 2.59. The van der Waals surface area contributed by atoms with Crippen LogP contribution in [-0.2, 0) is 12.8 Å². The summed E-state index contributed by atoms with van der Waals surface area (Å²) in [7, 11) is 1.81. The predicted octanol–water partition coefficient (Wildman–Crippen LogP) is 3.41. The number of nitrogens with zero attached hydrogens (tertiary/aromatic N) is 3. The maximum Gasteiger partial charge on any atom is 0.204 e. The van der Waals surface area contributed by atoms with E-state index in [9.17, 15) is 4.79 Å². The number of nitrogens with one attached hydrogen (secondary N) is 1. The van der Waals surface area contributed by atoms with Crippen molar-refractivity contribution in [3.63, 3.8) is 0 Å². The number of fused-ring (bicyclic) bond motifs is 2. The van der Waals surface area contributed by atoms with Crippen LogP contribution < -0.4 is 5.43 Å². The van der Waals surface area contributed by atoms with Crippen molar-refractivity contribution in [2.75, 3.05) is 0 Å². The van der Waals surface area contributed by atoms with Gasteiger partial charge in [-0.1, -0.05) is 36.0 Å². The molecule has 0 fully saturated rings. The van der Waals surface area contributed by atoms with Gasteiger partial charge in [0.1, 0.15) is 5.52 Å². The highest BCUT2D eigenvalue weighted by Crippen LogP contribution is 2.25. The van der Waals surface area contributed by atoms with Gasteiger partial charge >= 0.3 is 0 Å². The molecule has 0 aliphatic rings. The van der Waals surface area contributed by atoms with E-state index in [-0.39, 0.29) is 5.43 Å². The van der Waals surface area contributed by atoms with E-state index in [1.807, 2.05) is 25.2 Å². The first-order valence-electron chi connectivity index (χ1n) is 7.66. The van der Waals surface area contributed by atoms with Crippen LogP contribution in [0.2, 0.25) is 0 Å². The third-order valence-corrected chi connectivity index (χ3v) is 4.86. The van der Waals surface area contributed by atoms with Crippen molar-refractivity contribution in [1.29, 1.82) is 0 Å². The SMILES string of the molecule is Cc1ccc2nc(SCc3nn(C)c4c(=O)ccccc34)[nH]c2c1. The van der Waals surface area contributed by atoms with E-state index >= 15 is 0 Å². The van der Waals surface area contributed by atoms with Gasteiger partial charge in [-0.15, -0.1) is 0 Å². The van der Waals surface area contributed by atoms with Crippen LogP contribution in [0.4, 0.5) is 0 Å². The first kappa shape index (κ1) is 15.0. The van der Waals surface area contributed by atoms with Crippen LogP contribution in [0.15, 0.2) is 52.4 Å². The molecule has 0 unspecified atom stereocenters. The number of hydrogen-bond donors (Lipinski definition) is 1. The van der Waals surface area contributed by atoms with Crippen molar-refractivity contribution in [3.8, 4) is 0 Å². The summed E-state index contributed by atoms with van der Waals surface area (Å²) >= 11 is 1.59. The van der Waals surface area contributed by atoms with E-state index in [1.54, 1.807) is 28.6 Å². The van der Waals surface area contributed by atoms with Gasteiger partial charge in [-0.25, -0.2) is 4.98 Å². The summed E-state index contributed by atoms with van der Waals surface area (Å²) in [4.78, 5) is 20.1. The lowest BCUT2D eigenvalue weighted by atomic mass is 10.2. The Kier molecular flexibility index (Phi) is 3.61. The molecule has 1 N–H and O–H groups in total. The molecule has 0 radical (unpaired) electrons. The first-order chi connectivity index (χ1) is 11.6. The Labute approximate surface area is 142 Å². The van der Waals surface area contributed by atoms with E-state index in [2.05, 4.69) is 34.1 Å². The molecule has 0 amide bonds. The minimum absolute atomic E-state index is 0.0135. The average Bonchev–Trinajstić information content (AvgIpc) is 3.02. The van der Waals surface area contributed by atoms with Gasteiger partial charge in [-0.05, 0) is 30.7 Å². The van der Waals surface area contributed by atoms with Gasteiger partial charge in [-0.2, -0.15) is 5.10 Å². The molecular formula is C18H16N4OS. The van der Waals surface area contributed by atoms with Crippen molar-refractivity contribution in [3.05, 3.63) is 63.9 Å². The highest BCUT2D eigenvalue weighted by Gasteiger charge is 2.11. The molecule has 2 aromatic carbocycles. The van der Waals surface area contributed by atoms with Gasteiger partial charge in [0.2, 0.25) is 5.43 Å². The number of hydrogen-bond acceptors (Lipinski definition) is 4. The van der Waals surface area contributed by atoms with Gasteiger partial charge < -0.3 is 4.98 Å². The van der Waals surface area contributed by atoms with Crippen LogP contribution in [-0.4, -0.2) is 19.7 Å². The summed E-state index contributed by atoms with van der Waals surface area (Å²) in [5.41, 5.74) is 4.71. The van der Waals surface area contributed by atoms with E-state index in [1.165, 1.54) is 5.56 Å². The second-order valence-electron chi connectivity index (χ2n) is 5.77. The highest BCUT2D eigenvalue weighted by atomic mass is 32.2. The van der Waals surface area contributed by atoms with Crippen LogP contribution >= 0.6 is 11.8 Å². The number of thioether (sulfide) groups is 1. The summed E-state index contributed by atoms with van der Waals surface area (Å²) < 4.78 is 1.66. The van der Waals surface area contributed by atoms with Gasteiger partial charge in [0.25, 0.3) is 0 Å². The normalized spacial score (nSPS) is 11.4. The molecule has 2 aromatic heterocycles. The fourth-order valence-corrected chi connectivity index (χ4v) is 3.68. The standard InChI is InChI=1S/C18H16N4OS/c1-11-7-8-13-14(9-11)20-18(19-13)24-10-15-12-5-3-4-6-16(23)17(12)22(2)21-15/h3-9H,10H2,1-2H3,(H,19,20). The smallest absolute Gasteiger partial charge is 0.204 e. The summed E-state index contributed by atoms with van der Waals surface area (Å²) in [5, 5.41) is 6.27. The molecule has 0 saturated heterocycles. The fourth-order valence-electron chi connectivity index (χ4n) is 2.85. The number of benzene rings is 1. The van der Waals surface area contributed by atoms with Crippen molar-refractivity contribution < 1.29 is 0 Å². The monoisotopic (exact) mass is 336 g/mol. The number of aromatic nitrogens is 4. The largest absolute Gasteiger partial charge is 0.333 e. The molecule has 6 heteroatoms. The van der Waals surface area contributed by atoms with E-state index < -0.39 is 0 Å². The van der Waals surface area contributed by atoms with Crippen LogP contribution in [0.5, 0.6) is 0 Å². The van der Waals surface area contributed by atoms with E-state index in [4.69, 9.17) is 0 Å². The van der Waals surface area contributed by atoms with Crippen molar-refractivity contribution in [2.24, 2.45) is 7.05 Å². The number of rotatable bonds is 3. The lowest BCUT2D eigenvalue weighted by Gasteiger charge is -1.94. The zero-order valence-corrected chi connectivity index (χ0v) is 14.2. The van der Waals surface area contributed by atoms with Gasteiger partial charge in [0, 0.05) is 18.2 Å². The van der Waals surface area contributed by atoms with E-state index in [0.29, 0.717) is 11.3 Å². The molecule has 4 rings (SSSR count). The van der Waals surface area contributed by atoms with Gasteiger partial charge in [-0.3, -0.25) is 9.48 Å². The highest BCUT2D eigenvalue weighted by molar-refractivity contribution is 7.98. The zero-order chi connectivity index (χ0) is 16.7. The van der Waals surface area contributed by atoms with E-state index in [0.717, 1.165) is 27.3 Å². The topological polar surface area (TPSA) is 63.6 Å². The molecule has 0 saturated carbocycles. The maximum absolute atomic E-state index is 12.2. The number of aromatic amines is 1. The van der Waals surface area contributed by atoms with Crippen LogP contribution in [0.25, 0.3) is 21.9 Å². The molecule has 5 nitrogen and oxygen atoms in total. The van der Waals surface area contributed by atoms with Crippen molar-refractivity contribution in [2.45, 2.75) is 17.8 Å². The fraction of sp³-hybridized carbons (Fsp3) is 0.167. The third-order valence-electron chi connectivity index (χ3n) is 3.98. The Hall–Kier alpha value is -2.60. The zero-order valence-electron chi connectivity index (χ0n) is 13.4. The van der Waals surface area contributed by atoms with Crippen LogP contribution in [0.3, 0.4) is 0 Å². The number of imidazole rings is 1. The predicted molar refractivity (Wildman–Crippen MR) is 97.4 cm³/mol. The van der Waals surface area contributed by atoms with Crippen molar-refractivity contribution >= 4 is 33.7 Å². The lowest BCUT2D eigenvalue weighted by molar-refractivity contribution is 0.779. The quantitative estimate of drug-likeness (QED) is 0.582. The molecule has 120 valence electrons. The minimum atomic E-state index is -0.0135. The number of aryl methyl sites for hydroxylation is 2. The molecule has 0 bridgehead atoms. The Balaban J connectivity index is 1.68. The second kappa shape index (κ2) is 5.79. The van der Waals surface area contributed by atoms with Gasteiger partial charge in [0.05, 0.1) is 16.7 Å². The molecule has 0 aliphatic carbocycles. The maximum atomic E-state index is 12.2. The summed E-state index contributed by atoms with van der Waals surface area (Å²) in [6.45, 7) is 2.06. The minimum Gasteiger partial charge on any atom is -0.333 e. The molecule has 0 aliphatic heterocycles. The Morgan fingerprint density at radius 1 is 1.21 bits per heavy atom. The van der Waals surface area contributed by atoms with Gasteiger partial charge in [0.15, 0.2) is 5.16 Å². The average molecular weight is 336 g/mol. The summed E-state index contributed by atoms with van der Waals surface area (Å²) in [5.74, 6) is 0.652. The second-order valence-corrected chi connectivity index (χ2v) is 6.73. The molecule has 0 spiro atoms. The molecule has 0 atom stereocenters. The van der Waals surface area contributed by atoms with Crippen LogP contribution in [0.1, 0.15) is 11.3 Å². The molecule has 24 heavy (non-hydrogen) atoms. The van der Waals surface area contributed by atoms with Crippen LogP contribution in [0, 0.1) is 6.92 Å². The Bertz CT molecular complexity index is 1110. The molecular weight excluding hydrogens is 320 g/mol. The molecule has 2 heterocycles. The first-order valence-corrected chi connectivity index (χ1v) is 8.64. The summed E-state index contributed by atoms with van der Waals surface area (Å²) in [6.07, 6.45) is 0. The number of H-pyrrole nitrogens is 1. The Morgan fingerprint density at radius 3 is 2.92 bits per heavy atom. The molecule has 4 aromatic rings. The Morgan fingerprint density at radius 2 is 2.04 bits per heavy atom.